The molecule has 134 valence electrons. The van der Waals surface area contributed by atoms with Gasteiger partial charge in [0.1, 0.15) is 5.82 Å². The Morgan fingerprint density at radius 2 is 1.88 bits per heavy atom. The first kappa shape index (κ1) is 18.7. The van der Waals surface area contributed by atoms with E-state index in [1.807, 2.05) is 19.9 Å². The summed E-state index contributed by atoms with van der Waals surface area (Å²) in [6.07, 6.45) is 0. The van der Waals surface area contributed by atoms with Crippen LogP contribution in [0.3, 0.4) is 0 Å². The minimum Gasteiger partial charge on any atom is -0.505 e. The average Bonchev–Trinajstić information content (AvgIpc) is 2.58. The summed E-state index contributed by atoms with van der Waals surface area (Å²) in [7, 11) is 1.64. The lowest BCUT2D eigenvalue weighted by atomic mass is 9.84. The highest BCUT2D eigenvalue weighted by Crippen LogP contribution is 2.22. The average molecular weight is 347 g/mol. The SMILES string of the molecule is CN=C(NCc1ccc(O)c(F)c1)NCC(C)(C)c1cccc(F)c1. The largest absolute Gasteiger partial charge is 0.505 e. The van der Waals surface area contributed by atoms with Gasteiger partial charge in [-0.15, -0.1) is 0 Å². The van der Waals surface area contributed by atoms with Gasteiger partial charge in [-0.2, -0.15) is 0 Å². The first-order valence-corrected chi connectivity index (χ1v) is 8.00. The number of aliphatic imine (C=N–C) groups is 1. The maximum absolute atomic E-state index is 13.4. The van der Waals surface area contributed by atoms with Crippen molar-refractivity contribution in [3.05, 3.63) is 65.2 Å². The second-order valence-electron chi connectivity index (χ2n) is 6.46. The summed E-state index contributed by atoms with van der Waals surface area (Å²) in [6.45, 7) is 4.92. The molecule has 0 saturated heterocycles. The highest BCUT2D eigenvalue weighted by Gasteiger charge is 2.21. The molecule has 0 fully saturated rings. The molecule has 0 aliphatic heterocycles. The summed E-state index contributed by atoms with van der Waals surface area (Å²) in [5.74, 6) is -0.738. The van der Waals surface area contributed by atoms with Crippen molar-refractivity contribution >= 4 is 5.96 Å². The first-order chi connectivity index (χ1) is 11.8. The van der Waals surface area contributed by atoms with Crippen LogP contribution < -0.4 is 10.6 Å². The molecule has 2 aromatic rings. The molecule has 0 amide bonds. The predicted octanol–water partition coefficient (Wildman–Crippen LogP) is 3.31. The normalized spacial score (nSPS) is 12.1. The summed E-state index contributed by atoms with van der Waals surface area (Å²) in [5, 5.41) is 15.5. The van der Waals surface area contributed by atoms with Crippen LogP contribution in [0.4, 0.5) is 8.78 Å². The summed E-state index contributed by atoms with van der Waals surface area (Å²) >= 11 is 0. The monoisotopic (exact) mass is 347 g/mol. The first-order valence-electron chi connectivity index (χ1n) is 8.00. The number of phenols is 1. The highest BCUT2D eigenvalue weighted by molar-refractivity contribution is 5.79. The Balaban J connectivity index is 1.94. The fourth-order valence-corrected chi connectivity index (χ4v) is 2.38. The van der Waals surface area contributed by atoms with Gasteiger partial charge in [0.25, 0.3) is 0 Å². The lowest BCUT2D eigenvalue weighted by molar-refractivity contribution is 0.431. The third-order valence-electron chi connectivity index (χ3n) is 4.00. The standard InChI is InChI=1S/C19H23F2N3O/c1-19(2,14-5-4-6-15(20)10-14)12-24-18(22-3)23-11-13-7-8-17(25)16(21)9-13/h4-10,25H,11-12H2,1-3H3,(H2,22,23,24). The zero-order chi connectivity index (χ0) is 18.4. The van der Waals surface area contributed by atoms with Crippen molar-refractivity contribution in [2.24, 2.45) is 4.99 Å². The van der Waals surface area contributed by atoms with Crippen LogP contribution in [0.1, 0.15) is 25.0 Å². The third-order valence-corrected chi connectivity index (χ3v) is 4.00. The van der Waals surface area contributed by atoms with E-state index in [-0.39, 0.29) is 17.0 Å². The minimum absolute atomic E-state index is 0.262. The van der Waals surface area contributed by atoms with Gasteiger partial charge in [-0.25, -0.2) is 8.78 Å². The molecule has 0 aliphatic rings. The van der Waals surface area contributed by atoms with Crippen LogP contribution in [0.25, 0.3) is 0 Å². The molecule has 2 aromatic carbocycles. The number of rotatable bonds is 5. The van der Waals surface area contributed by atoms with Gasteiger partial charge in [-0.1, -0.05) is 32.0 Å². The van der Waals surface area contributed by atoms with Crippen molar-refractivity contribution in [1.29, 1.82) is 0 Å². The Morgan fingerprint density at radius 1 is 1.12 bits per heavy atom. The quantitative estimate of drug-likeness (QED) is 0.574. The van der Waals surface area contributed by atoms with Crippen LogP contribution in [0.5, 0.6) is 5.75 Å². The van der Waals surface area contributed by atoms with Gasteiger partial charge in [0.2, 0.25) is 0 Å². The molecule has 0 atom stereocenters. The van der Waals surface area contributed by atoms with Crippen LogP contribution in [0.15, 0.2) is 47.5 Å². The number of nitrogens with one attached hydrogen (secondary N) is 2. The Labute approximate surface area is 146 Å². The van der Waals surface area contributed by atoms with Crippen LogP contribution >= 0.6 is 0 Å². The highest BCUT2D eigenvalue weighted by atomic mass is 19.1. The topological polar surface area (TPSA) is 56.7 Å². The van der Waals surface area contributed by atoms with E-state index in [0.717, 1.165) is 5.56 Å². The molecular weight excluding hydrogens is 324 g/mol. The van der Waals surface area contributed by atoms with Crippen molar-refractivity contribution < 1.29 is 13.9 Å². The molecular formula is C19H23F2N3O. The lowest BCUT2D eigenvalue weighted by Gasteiger charge is -2.27. The van der Waals surface area contributed by atoms with E-state index in [9.17, 15) is 13.9 Å². The summed E-state index contributed by atoms with van der Waals surface area (Å²) in [5.41, 5.74) is 1.27. The molecule has 0 heterocycles. The smallest absolute Gasteiger partial charge is 0.191 e. The van der Waals surface area contributed by atoms with E-state index < -0.39 is 5.82 Å². The molecule has 3 N–H and O–H groups in total. The van der Waals surface area contributed by atoms with Crippen molar-refractivity contribution in [3.63, 3.8) is 0 Å². The van der Waals surface area contributed by atoms with Gasteiger partial charge < -0.3 is 15.7 Å². The Kier molecular flexibility index (Phi) is 5.96. The Bertz CT molecular complexity index is 760. The second-order valence-corrected chi connectivity index (χ2v) is 6.46. The molecule has 0 aliphatic carbocycles. The second kappa shape index (κ2) is 7.96. The fraction of sp³-hybridized carbons (Fsp3) is 0.316. The van der Waals surface area contributed by atoms with Gasteiger partial charge >= 0.3 is 0 Å². The van der Waals surface area contributed by atoms with E-state index in [1.54, 1.807) is 19.2 Å². The van der Waals surface area contributed by atoms with E-state index in [2.05, 4.69) is 15.6 Å². The molecule has 4 nitrogen and oxygen atoms in total. The zero-order valence-corrected chi connectivity index (χ0v) is 14.6. The molecule has 0 saturated carbocycles. The summed E-state index contributed by atoms with van der Waals surface area (Å²) in [4.78, 5) is 4.13. The molecule has 0 unspecified atom stereocenters. The van der Waals surface area contributed by atoms with Crippen LogP contribution in [0.2, 0.25) is 0 Å². The fourth-order valence-electron chi connectivity index (χ4n) is 2.38. The summed E-state index contributed by atoms with van der Waals surface area (Å²) < 4.78 is 26.8. The zero-order valence-electron chi connectivity index (χ0n) is 14.6. The van der Waals surface area contributed by atoms with Crippen LogP contribution in [-0.2, 0) is 12.0 Å². The van der Waals surface area contributed by atoms with Gasteiger partial charge in [0.15, 0.2) is 17.5 Å². The van der Waals surface area contributed by atoms with Crippen LogP contribution in [0, 0.1) is 11.6 Å². The number of nitrogens with zero attached hydrogens (tertiary/aromatic N) is 1. The van der Waals surface area contributed by atoms with E-state index in [4.69, 9.17) is 0 Å². The van der Waals surface area contributed by atoms with E-state index in [1.165, 1.54) is 24.3 Å². The van der Waals surface area contributed by atoms with Crippen molar-refractivity contribution in [3.8, 4) is 5.75 Å². The van der Waals surface area contributed by atoms with Crippen molar-refractivity contribution in [1.82, 2.24) is 10.6 Å². The minimum atomic E-state index is -0.658. The number of benzene rings is 2. The maximum atomic E-state index is 13.4. The Morgan fingerprint density at radius 3 is 2.52 bits per heavy atom. The van der Waals surface area contributed by atoms with E-state index in [0.29, 0.717) is 24.6 Å². The van der Waals surface area contributed by atoms with Gasteiger partial charge in [0, 0.05) is 25.6 Å². The van der Waals surface area contributed by atoms with Crippen molar-refractivity contribution in [2.45, 2.75) is 25.8 Å². The molecule has 0 radical (unpaired) electrons. The van der Waals surface area contributed by atoms with Crippen LogP contribution in [-0.4, -0.2) is 24.7 Å². The molecule has 6 heteroatoms. The number of hydrogen-bond donors (Lipinski definition) is 3. The number of hydrogen-bond acceptors (Lipinski definition) is 2. The number of aromatic hydroxyl groups is 1. The number of guanidine groups is 1. The van der Waals surface area contributed by atoms with Crippen molar-refractivity contribution in [2.75, 3.05) is 13.6 Å². The maximum Gasteiger partial charge on any atom is 0.191 e. The molecule has 0 bridgehead atoms. The number of halogens is 2. The molecule has 0 aromatic heterocycles. The van der Waals surface area contributed by atoms with Gasteiger partial charge in [0.05, 0.1) is 0 Å². The summed E-state index contributed by atoms with van der Waals surface area (Å²) in [6, 6.07) is 10.7. The van der Waals surface area contributed by atoms with Gasteiger partial charge in [-0.05, 0) is 35.4 Å². The van der Waals surface area contributed by atoms with Gasteiger partial charge in [-0.3, -0.25) is 4.99 Å². The molecule has 2 rings (SSSR count). The lowest BCUT2D eigenvalue weighted by Crippen LogP contribution is -2.43. The Hall–Kier alpha value is -2.63. The molecule has 25 heavy (non-hydrogen) atoms. The number of phenolic OH excluding ortho intramolecular Hbond substituents is 1. The molecule has 0 spiro atoms. The predicted molar refractivity (Wildman–Crippen MR) is 95.7 cm³/mol. The van der Waals surface area contributed by atoms with E-state index >= 15 is 0 Å². The third kappa shape index (κ3) is 5.17.